The van der Waals surface area contributed by atoms with E-state index in [4.69, 9.17) is 9.84 Å². The standard InChI is InChI=1S/C13H16FNO4/c1-3-8(2)15-12(16)7-19-11-5-4-9(14)6-10(11)13(17)18/h4-6,8H,3,7H2,1-2H3,(H,15,16)(H,17,18). The fourth-order valence-electron chi connectivity index (χ4n) is 1.36. The first-order valence-corrected chi connectivity index (χ1v) is 5.89. The first-order valence-electron chi connectivity index (χ1n) is 5.89. The van der Waals surface area contributed by atoms with E-state index in [1.54, 1.807) is 0 Å². The van der Waals surface area contributed by atoms with Crippen LogP contribution in [0.3, 0.4) is 0 Å². The molecule has 1 aromatic carbocycles. The maximum atomic E-state index is 12.9. The number of nitrogens with one attached hydrogen (secondary N) is 1. The number of halogens is 1. The van der Waals surface area contributed by atoms with Gasteiger partial charge in [-0.3, -0.25) is 4.79 Å². The van der Waals surface area contributed by atoms with E-state index >= 15 is 0 Å². The molecule has 1 aromatic rings. The van der Waals surface area contributed by atoms with Gasteiger partial charge in [-0.2, -0.15) is 0 Å². The number of hydrogen-bond acceptors (Lipinski definition) is 3. The van der Waals surface area contributed by atoms with Gasteiger partial charge >= 0.3 is 5.97 Å². The summed E-state index contributed by atoms with van der Waals surface area (Å²) >= 11 is 0. The lowest BCUT2D eigenvalue weighted by Crippen LogP contribution is -2.35. The molecule has 1 atom stereocenters. The predicted octanol–water partition coefficient (Wildman–Crippen LogP) is 1.82. The van der Waals surface area contributed by atoms with Gasteiger partial charge in [0, 0.05) is 6.04 Å². The minimum atomic E-state index is -1.31. The van der Waals surface area contributed by atoms with E-state index in [-0.39, 0.29) is 29.9 Å². The third-order valence-corrected chi connectivity index (χ3v) is 2.55. The normalized spacial score (nSPS) is 11.7. The molecule has 1 rings (SSSR count). The van der Waals surface area contributed by atoms with Gasteiger partial charge in [0.05, 0.1) is 0 Å². The Kier molecular flexibility index (Phi) is 5.29. The number of hydrogen-bond donors (Lipinski definition) is 2. The first kappa shape index (κ1) is 14.9. The number of carbonyl (C=O) groups excluding carboxylic acids is 1. The van der Waals surface area contributed by atoms with Gasteiger partial charge in [0.1, 0.15) is 17.1 Å². The third kappa shape index (κ3) is 4.57. The fourth-order valence-corrected chi connectivity index (χ4v) is 1.36. The number of ether oxygens (including phenoxy) is 1. The van der Waals surface area contributed by atoms with Crippen LogP contribution in [0.25, 0.3) is 0 Å². The highest BCUT2D eigenvalue weighted by atomic mass is 19.1. The van der Waals surface area contributed by atoms with Crippen molar-refractivity contribution in [1.29, 1.82) is 0 Å². The Morgan fingerprint density at radius 1 is 1.47 bits per heavy atom. The second kappa shape index (κ2) is 6.72. The molecular weight excluding hydrogens is 253 g/mol. The van der Waals surface area contributed by atoms with E-state index in [0.29, 0.717) is 0 Å². The van der Waals surface area contributed by atoms with Gasteiger partial charge < -0.3 is 15.2 Å². The molecule has 104 valence electrons. The third-order valence-electron chi connectivity index (χ3n) is 2.55. The molecule has 0 aromatic heterocycles. The largest absolute Gasteiger partial charge is 0.483 e. The minimum Gasteiger partial charge on any atom is -0.483 e. The van der Waals surface area contributed by atoms with Crippen LogP contribution >= 0.6 is 0 Å². The van der Waals surface area contributed by atoms with Gasteiger partial charge in [-0.05, 0) is 31.5 Å². The Labute approximate surface area is 110 Å². The summed E-state index contributed by atoms with van der Waals surface area (Å²) in [5.41, 5.74) is -0.309. The zero-order chi connectivity index (χ0) is 14.4. The molecule has 0 saturated carbocycles. The summed E-state index contributed by atoms with van der Waals surface area (Å²) in [5.74, 6) is -2.37. The van der Waals surface area contributed by atoms with Gasteiger partial charge in [-0.1, -0.05) is 6.92 Å². The average Bonchev–Trinajstić information content (AvgIpc) is 2.36. The van der Waals surface area contributed by atoms with Crippen molar-refractivity contribution >= 4 is 11.9 Å². The molecule has 19 heavy (non-hydrogen) atoms. The molecule has 0 spiro atoms. The van der Waals surface area contributed by atoms with Crippen molar-refractivity contribution in [2.75, 3.05) is 6.61 Å². The van der Waals surface area contributed by atoms with Crippen molar-refractivity contribution in [3.63, 3.8) is 0 Å². The van der Waals surface area contributed by atoms with Crippen LogP contribution < -0.4 is 10.1 Å². The zero-order valence-corrected chi connectivity index (χ0v) is 10.8. The Bertz CT molecular complexity index is 476. The molecule has 0 aliphatic rings. The van der Waals surface area contributed by atoms with Crippen LogP contribution in [-0.4, -0.2) is 29.6 Å². The highest BCUT2D eigenvalue weighted by molar-refractivity contribution is 5.91. The molecule has 0 saturated heterocycles. The van der Waals surface area contributed by atoms with Crippen LogP contribution in [0.2, 0.25) is 0 Å². The molecule has 0 fully saturated rings. The molecule has 6 heteroatoms. The van der Waals surface area contributed by atoms with E-state index < -0.39 is 11.8 Å². The number of carboxylic acid groups (broad SMARTS) is 1. The van der Waals surface area contributed by atoms with Crippen LogP contribution in [-0.2, 0) is 4.79 Å². The Morgan fingerprint density at radius 2 is 2.16 bits per heavy atom. The molecular formula is C13H16FNO4. The maximum Gasteiger partial charge on any atom is 0.339 e. The maximum absolute atomic E-state index is 12.9. The SMILES string of the molecule is CCC(C)NC(=O)COc1ccc(F)cc1C(=O)O. The second-order valence-corrected chi connectivity index (χ2v) is 4.11. The summed E-state index contributed by atoms with van der Waals surface area (Å²) in [6.07, 6.45) is 0.780. The smallest absolute Gasteiger partial charge is 0.339 e. The Balaban J connectivity index is 2.67. The molecule has 5 nitrogen and oxygen atoms in total. The van der Waals surface area contributed by atoms with Crippen molar-refractivity contribution in [3.8, 4) is 5.75 Å². The number of amides is 1. The molecule has 0 radical (unpaired) electrons. The summed E-state index contributed by atoms with van der Waals surface area (Å²) in [6.45, 7) is 3.46. The predicted molar refractivity (Wildman–Crippen MR) is 66.8 cm³/mol. The summed E-state index contributed by atoms with van der Waals surface area (Å²) in [4.78, 5) is 22.4. The molecule has 0 aliphatic heterocycles. The van der Waals surface area contributed by atoms with Gasteiger partial charge in [0.2, 0.25) is 0 Å². The van der Waals surface area contributed by atoms with Crippen LogP contribution in [0.1, 0.15) is 30.6 Å². The highest BCUT2D eigenvalue weighted by Gasteiger charge is 2.14. The van der Waals surface area contributed by atoms with Crippen molar-refractivity contribution in [3.05, 3.63) is 29.6 Å². The monoisotopic (exact) mass is 269 g/mol. The lowest BCUT2D eigenvalue weighted by molar-refractivity contribution is -0.123. The van der Waals surface area contributed by atoms with E-state index in [9.17, 15) is 14.0 Å². The van der Waals surface area contributed by atoms with Gasteiger partial charge in [0.15, 0.2) is 6.61 Å². The van der Waals surface area contributed by atoms with Crippen LogP contribution in [0, 0.1) is 5.82 Å². The van der Waals surface area contributed by atoms with Crippen molar-refractivity contribution in [1.82, 2.24) is 5.32 Å². The van der Waals surface area contributed by atoms with Gasteiger partial charge in [-0.15, -0.1) is 0 Å². The number of carbonyl (C=O) groups is 2. The van der Waals surface area contributed by atoms with E-state index in [1.807, 2.05) is 13.8 Å². The highest BCUT2D eigenvalue weighted by Crippen LogP contribution is 2.19. The van der Waals surface area contributed by atoms with E-state index in [1.165, 1.54) is 6.07 Å². The lowest BCUT2D eigenvalue weighted by Gasteiger charge is -2.13. The summed E-state index contributed by atoms with van der Waals surface area (Å²) in [6, 6.07) is 3.14. The van der Waals surface area contributed by atoms with Gasteiger partial charge in [-0.25, -0.2) is 9.18 Å². The molecule has 0 heterocycles. The number of benzene rings is 1. The topological polar surface area (TPSA) is 75.6 Å². The second-order valence-electron chi connectivity index (χ2n) is 4.11. The molecule has 0 bridgehead atoms. The number of carboxylic acids is 1. The van der Waals surface area contributed by atoms with Crippen LogP contribution in [0.4, 0.5) is 4.39 Å². The summed E-state index contributed by atoms with van der Waals surface area (Å²) < 4.78 is 18.0. The van der Waals surface area contributed by atoms with E-state index in [2.05, 4.69) is 5.32 Å². The summed E-state index contributed by atoms with van der Waals surface area (Å²) in [7, 11) is 0. The molecule has 1 unspecified atom stereocenters. The Hall–Kier alpha value is -2.11. The molecule has 2 N–H and O–H groups in total. The minimum absolute atomic E-state index is 0.0169. The average molecular weight is 269 g/mol. The van der Waals surface area contributed by atoms with Crippen molar-refractivity contribution in [2.45, 2.75) is 26.3 Å². The van der Waals surface area contributed by atoms with Gasteiger partial charge in [0.25, 0.3) is 5.91 Å². The molecule has 0 aliphatic carbocycles. The summed E-state index contributed by atoms with van der Waals surface area (Å²) in [5, 5.41) is 11.6. The van der Waals surface area contributed by atoms with Crippen molar-refractivity contribution in [2.24, 2.45) is 0 Å². The lowest BCUT2D eigenvalue weighted by atomic mass is 10.2. The molecule has 1 amide bonds. The number of rotatable bonds is 6. The first-order chi connectivity index (χ1) is 8.93. The fraction of sp³-hybridized carbons (Fsp3) is 0.385. The van der Waals surface area contributed by atoms with Crippen LogP contribution in [0.5, 0.6) is 5.75 Å². The van der Waals surface area contributed by atoms with E-state index in [0.717, 1.165) is 18.6 Å². The number of aromatic carboxylic acids is 1. The Morgan fingerprint density at radius 3 is 2.74 bits per heavy atom. The van der Waals surface area contributed by atoms with Crippen molar-refractivity contribution < 1.29 is 23.8 Å². The quantitative estimate of drug-likeness (QED) is 0.826. The van der Waals surface area contributed by atoms with Crippen LogP contribution in [0.15, 0.2) is 18.2 Å². The zero-order valence-electron chi connectivity index (χ0n) is 10.8.